The third kappa shape index (κ3) is 3.48. The molecule has 0 aromatic carbocycles. The molecule has 5 nitrogen and oxygen atoms in total. The van der Waals surface area contributed by atoms with Gasteiger partial charge < -0.3 is 10.5 Å². The predicted octanol–water partition coefficient (Wildman–Crippen LogP) is -0.574. The summed E-state index contributed by atoms with van der Waals surface area (Å²) in [7, 11) is -3.43. The lowest BCUT2D eigenvalue weighted by atomic mass is 10.1. The Morgan fingerprint density at radius 2 is 2.25 bits per heavy atom. The van der Waals surface area contributed by atoms with Crippen molar-refractivity contribution in [1.29, 1.82) is 0 Å². The van der Waals surface area contributed by atoms with E-state index >= 15 is 0 Å². The molecule has 0 aliphatic carbocycles. The van der Waals surface area contributed by atoms with E-state index in [4.69, 9.17) is 10.5 Å². The lowest BCUT2D eigenvalue weighted by Crippen LogP contribution is -2.36. The van der Waals surface area contributed by atoms with Gasteiger partial charge in [-0.05, 0) is 6.42 Å². The van der Waals surface area contributed by atoms with E-state index in [0.717, 1.165) is 12.7 Å². The summed E-state index contributed by atoms with van der Waals surface area (Å²) in [4.78, 5) is 0. The Kier molecular flexibility index (Phi) is 3.05. The van der Waals surface area contributed by atoms with Gasteiger partial charge in [-0.2, -0.15) is 8.42 Å². The van der Waals surface area contributed by atoms with Crippen molar-refractivity contribution in [3.63, 3.8) is 0 Å². The van der Waals surface area contributed by atoms with Gasteiger partial charge in [-0.25, -0.2) is 4.18 Å². The maximum atomic E-state index is 10.7. The highest BCUT2D eigenvalue weighted by molar-refractivity contribution is 7.86. The molecule has 1 rings (SSSR count). The molecule has 0 radical (unpaired) electrons. The van der Waals surface area contributed by atoms with Gasteiger partial charge >= 0.3 is 0 Å². The molecule has 0 aromatic heterocycles. The van der Waals surface area contributed by atoms with E-state index in [9.17, 15) is 8.42 Å². The van der Waals surface area contributed by atoms with E-state index < -0.39 is 16.4 Å². The molecule has 0 bridgehead atoms. The van der Waals surface area contributed by atoms with Crippen molar-refractivity contribution in [3.8, 4) is 0 Å². The predicted molar refractivity (Wildman–Crippen MR) is 42.9 cm³/mol. The normalized spacial score (nSPS) is 31.8. The lowest BCUT2D eigenvalue weighted by Gasteiger charge is -2.25. The number of hydrogen-bond donors (Lipinski definition) is 1. The van der Waals surface area contributed by atoms with Crippen molar-refractivity contribution in [2.24, 2.45) is 5.73 Å². The quantitative estimate of drug-likeness (QED) is 0.597. The van der Waals surface area contributed by atoms with Crippen LogP contribution in [-0.4, -0.2) is 33.6 Å². The zero-order valence-corrected chi connectivity index (χ0v) is 7.71. The highest BCUT2D eigenvalue weighted by Gasteiger charge is 2.23. The third-order valence-electron chi connectivity index (χ3n) is 1.57. The van der Waals surface area contributed by atoms with E-state index in [0.29, 0.717) is 13.0 Å². The van der Waals surface area contributed by atoms with Crippen LogP contribution in [0.15, 0.2) is 0 Å². The second-order valence-corrected chi connectivity index (χ2v) is 4.49. The summed E-state index contributed by atoms with van der Waals surface area (Å²) in [5, 5.41) is 0. The van der Waals surface area contributed by atoms with Crippen molar-refractivity contribution in [3.05, 3.63) is 0 Å². The second kappa shape index (κ2) is 3.69. The Bertz CT molecular complexity index is 238. The van der Waals surface area contributed by atoms with Gasteiger partial charge in [-0.1, -0.05) is 0 Å². The number of ether oxygens (including phenoxy) is 1. The van der Waals surface area contributed by atoms with Crippen molar-refractivity contribution < 1.29 is 17.3 Å². The fourth-order valence-electron chi connectivity index (χ4n) is 1.05. The molecule has 0 saturated carbocycles. The van der Waals surface area contributed by atoms with E-state index in [1.54, 1.807) is 0 Å². The Morgan fingerprint density at radius 1 is 1.58 bits per heavy atom. The molecule has 1 aliphatic rings. The SMILES string of the molecule is CS(=O)(=O)OC1CC(N)CCO1. The molecule has 2 atom stereocenters. The molecule has 2 unspecified atom stereocenters. The van der Waals surface area contributed by atoms with Crippen LogP contribution < -0.4 is 5.73 Å². The summed E-state index contributed by atoms with van der Waals surface area (Å²) in [6.45, 7) is 0.460. The van der Waals surface area contributed by atoms with Gasteiger partial charge in [-0.3, -0.25) is 0 Å². The highest BCUT2D eigenvalue weighted by Crippen LogP contribution is 2.14. The molecule has 1 saturated heterocycles. The van der Waals surface area contributed by atoms with Crippen LogP contribution in [-0.2, 0) is 19.0 Å². The molecule has 0 amide bonds. The van der Waals surface area contributed by atoms with Crippen LogP contribution in [0.4, 0.5) is 0 Å². The first-order valence-corrected chi connectivity index (χ1v) is 5.54. The zero-order valence-electron chi connectivity index (χ0n) is 6.89. The van der Waals surface area contributed by atoms with E-state index in [2.05, 4.69) is 4.18 Å². The standard InChI is InChI=1S/C6H13NO4S/c1-12(8,9)11-6-4-5(7)2-3-10-6/h5-6H,2-4,7H2,1H3. The molecule has 12 heavy (non-hydrogen) atoms. The number of hydrogen-bond acceptors (Lipinski definition) is 5. The minimum Gasteiger partial charge on any atom is -0.351 e. The highest BCUT2D eigenvalue weighted by atomic mass is 32.2. The largest absolute Gasteiger partial charge is 0.351 e. The maximum absolute atomic E-state index is 10.7. The van der Waals surface area contributed by atoms with Crippen LogP contribution in [0.1, 0.15) is 12.8 Å². The van der Waals surface area contributed by atoms with Crippen molar-refractivity contribution in [1.82, 2.24) is 0 Å². The van der Waals surface area contributed by atoms with Crippen molar-refractivity contribution in [2.45, 2.75) is 25.2 Å². The first-order valence-electron chi connectivity index (χ1n) is 3.73. The summed E-state index contributed by atoms with van der Waals surface area (Å²) in [5.41, 5.74) is 5.59. The summed E-state index contributed by atoms with van der Waals surface area (Å²) in [6.07, 6.45) is 1.50. The first-order chi connectivity index (χ1) is 5.47. The molecule has 6 heteroatoms. The second-order valence-electron chi connectivity index (χ2n) is 2.89. The summed E-state index contributed by atoms with van der Waals surface area (Å²) in [5.74, 6) is 0. The molecule has 72 valence electrons. The Balaban J connectivity index is 2.43. The van der Waals surface area contributed by atoms with Crippen LogP contribution in [0.25, 0.3) is 0 Å². The third-order valence-corrected chi connectivity index (χ3v) is 2.13. The Labute approximate surface area is 72.0 Å². The summed E-state index contributed by atoms with van der Waals surface area (Å²) in [6, 6.07) is -0.0227. The van der Waals surface area contributed by atoms with Crippen LogP contribution in [0.3, 0.4) is 0 Å². The molecule has 1 fully saturated rings. The monoisotopic (exact) mass is 195 g/mol. The molecule has 1 heterocycles. The van der Waals surface area contributed by atoms with E-state index in [-0.39, 0.29) is 6.04 Å². The summed E-state index contributed by atoms with van der Waals surface area (Å²) < 4.78 is 31.0. The fraction of sp³-hybridized carbons (Fsp3) is 1.00. The van der Waals surface area contributed by atoms with Crippen LogP contribution in [0.2, 0.25) is 0 Å². The fourth-order valence-corrected chi connectivity index (χ4v) is 1.57. The first kappa shape index (κ1) is 9.91. The average molecular weight is 195 g/mol. The van der Waals surface area contributed by atoms with Crippen molar-refractivity contribution >= 4 is 10.1 Å². The smallest absolute Gasteiger partial charge is 0.266 e. The van der Waals surface area contributed by atoms with Gasteiger partial charge in [0.1, 0.15) is 0 Å². The maximum Gasteiger partial charge on any atom is 0.266 e. The van der Waals surface area contributed by atoms with Gasteiger partial charge in [-0.15, -0.1) is 0 Å². The molecular weight excluding hydrogens is 182 g/mol. The van der Waals surface area contributed by atoms with E-state index in [1.165, 1.54) is 0 Å². The molecule has 0 spiro atoms. The molecule has 1 aliphatic heterocycles. The molecular formula is C6H13NO4S. The Morgan fingerprint density at radius 3 is 2.75 bits per heavy atom. The Hall–Kier alpha value is -0.170. The molecule has 0 aromatic rings. The molecule has 2 N–H and O–H groups in total. The topological polar surface area (TPSA) is 78.6 Å². The minimum absolute atomic E-state index is 0.0227. The van der Waals surface area contributed by atoms with Crippen molar-refractivity contribution in [2.75, 3.05) is 12.9 Å². The van der Waals surface area contributed by atoms with Crippen LogP contribution in [0.5, 0.6) is 0 Å². The minimum atomic E-state index is -3.43. The average Bonchev–Trinajstić information content (AvgIpc) is 1.82. The van der Waals surface area contributed by atoms with Gasteiger partial charge in [0, 0.05) is 12.5 Å². The van der Waals surface area contributed by atoms with Gasteiger partial charge in [0.15, 0.2) is 6.29 Å². The van der Waals surface area contributed by atoms with E-state index in [1.807, 2.05) is 0 Å². The van der Waals surface area contributed by atoms with Gasteiger partial charge in [0.2, 0.25) is 0 Å². The number of rotatable bonds is 2. The van der Waals surface area contributed by atoms with Gasteiger partial charge in [0.25, 0.3) is 10.1 Å². The van der Waals surface area contributed by atoms with Gasteiger partial charge in [0.05, 0.1) is 12.9 Å². The van der Waals surface area contributed by atoms with Crippen LogP contribution >= 0.6 is 0 Å². The summed E-state index contributed by atoms with van der Waals surface area (Å²) >= 11 is 0. The lowest BCUT2D eigenvalue weighted by molar-refractivity contribution is -0.107. The van der Waals surface area contributed by atoms with Crippen LogP contribution in [0, 0.1) is 0 Å². The zero-order chi connectivity index (χ0) is 9.19. The number of nitrogens with two attached hydrogens (primary N) is 1.